The Hall–Kier alpha value is -3.36. The van der Waals surface area contributed by atoms with Gasteiger partial charge in [0.2, 0.25) is 11.8 Å². The lowest BCUT2D eigenvalue weighted by Gasteiger charge is -2.33. The number of carbonyl (C=O) groups excluding carboxylic acids is 2. The maximum absolute atomic E-state index is 13.9. The fraction of sp³-hybridized carbons (Fsp3) is 0.310. The molecule has 0 fully saturated rings. The first-order valence-corrected chi connectivity index (χ1v) is 14.1. The van der Waals surface area contributed by atoms with Crippen LogP contribution in [-0.2, 0) is 26.2 Å². The molecular formula is C29H34ClN3O4S. The molecule has 0 saturated carbocycles. The minimum Gasteiger partial charge on any atom is -0.350 e. The quantitative estimate of drug-likeness (QED) is 0.394. The third kappa shape index (κ3) is 7.36. The molecule has 0 spiro atoms. The van der Waals surface area contributed by atoms with Gasteiger partial charge in [0.25, 0.3) is 10.0 Å². The lowest BCUT2D eigenvalue weighted by molar-refractivity contribution is -0.140. The van der Waals surface area contributed by atoms with Crippen molar-refractivity contribution >= 4 is 39.1 Å². The van der Waals surface area contributed by atoms with E-state index in [1.54, 1.807) is 49.4 Å². The lowest BCUT2D eigenvalue weighted by atomic mass is 10.1. The fourth-order valence-electron chi connectivity index (χ4n) is 3.88. The number of rotatable bonds is 9. The number of nitrogens with zero attached hydrogens (tertiary/aromatic N) is 2. The van der Waals surface area contributed by atoms with E-state index in [1.807, 2.05) is 52.0 Å². The van der Waals surface area contributed by atoms with Gasteiger partial charge in [-0.3, -0.25) is 13.9 Å². The van der Waals surface area contributed by atoms with Crippen LogP contribution in [0, 0.1) is 6.92 Å². The molecule has 0 radical (unpaired) electrons. The Morgan fingerprint density at radius 3 is 2.08 bits per heavy atom. The van der Waals surface area contributed by atoms with Crippen LogP contribution in [0.25, 0.3) is 0 Å². The topological polar surface area (TPSA) is 86.8 Å². The molecule has 202 valence electrons. The zero-order chi connectivity index (χ0) is 28.1. The van der Waals surface area contributed by atoms with Crippen LogP contribution in [0.4, 0.5) is 5.69 Å². The Kier molecular flexibility index (Phi) is 9.22. The first-order chi connectivity index (χ1) is 17.8. The highest BCUT2D eigenvalue weighted by molar-refractivity contribution is 7.92. The van der Waals surface area contributed by atoms with Gasteiger partial charge >= 0.3 is 0 Å². The second-order valence-electron chi connectivity index (χ2n) is 10.2. The molecule has 0 aliphatic heterocycles. The molecule has 38 heavy (non-hydrogen) atoms. The number of benzene rings is 3. The molecule has 7 nitrogen and oxygen atoms in total. The maximum Gasteiger partial charge on any atom is 0.264 e. The summed E-state index contributed by atoms with van der Waals surface area (Å²) < 4.78 is 28.5. The second kappa shape index (κ2) is 12.0. The number of amides is 2. The molecule has 0 aliphatic rings. The van der Waals surface area contributed by atoms with Crippen molar-refractivity contribution in [1.82, 2.24) is 10.2 Å². The summed E-state index contributed by atoms with van der Waals surface area (Å²) in [4.78, 5) is 28.5. The molecule has 0 saturated heterocycles. The standard InChI is InChI=1S/C29H34ClN3O4S/c1-21-11-9-10-12-23(21)19-32(22(2)28(35)31-29(3,4)5)27(34)20-33(25-17-15-24(30)16-18-25)38(36,37)26-13-7-6-8-14-26/h6-18,22H,19-20H2,1-5H3,(H,31,35). The molecule has 3 rings (SSSR count). The minimum atomic E-state index is -4.11. The van der Waals surface area contributed by atoms with Gasteiger partial charge in [0.05, 0.1) is 10.6 Å². The van der Waals surface area contributed by atoms with Gasteiger partial charge < -0.3 is 10.2 Å². The molecule has 9 heteroatoms. The summed E-state index contributed by atoms with van der Waals surface area (Å²) in [5.74, 6) is -0.845. The van der Waals surface area contributed by atoms with E-state index in [1.165, 1.54) is 17.0 Å². The first-order valence-electron chi connectivity index (χ1n) is 12.3. The number of nitrogens with one attached hydrogen (secondary N) is 1. The zero-order valence-electron chi connectivity index (χ0n) is 22.3. The molecule has 0 aliphatic carbocycles. The van der Waals surface area contributed by atoms with Gasteiger partial charge in [-0.1, -0.05) is 54.1 Å². The van der Waals surface area contributed by atoms with Gasteiger partial charge in [0, 0.05) is 17.1 Å². The number of carbonyl (C=O) groups is 2. The summed E-state index contributed by atoms with van der Waals surface area (Å²) in [6.07, 6.45) is 0. The number of anilines is 1. The first kappa shape index (κ1) is 29.2. The van der Waals surface area contributed by atoms with Gasteiger partial charge in [0.1, 0.15) is 12.6 Å². The van der Waals surface area contributed by atoms with E-state index in [4.69, 9.17) is 11.6 Å². The largest absolute Gasteiger partial charge is 0.350 e. The molecule has 1 N–H and O–H groups in total. The normalized spacial score (nSPS) is 12.5. The van der Waals surface area contributed by atoms with E-state index in [0.717, 1.165) is 15.4 Å². The molecule has 0 bridgehead atoms. The van der Waals surface area contributed by atoms with Crippen LogP contribution in [-0.4, -0.2) is 43.3 Å². The van der Waals surface area contributed by atoms with Crippen molar-refractivity contribution in [1.29, 1.82) is 0 Å². The van der Waals surface area contributed by atoms with Crippen molar-refractivity contribution in [2.24, 2.45) is 0 Å². The average molecular weight is 556 g/mol. The molecule has 1 atom stereocenters. The maximum atomic E-state index is 13.9. The van der Waals surface area contributed by atoms with Crippen LogP contribution in [0.1, 0.15) is 38.8 Å². The van der Waals surface area contributed by atoms with Crippen molar-refractivity contribution in [3.05, 3.63) is 95.0 Å². The predicted octanol–water partition coefficient (Wildman–Crippen LogP) is 5.18. The zero-order valence-corrected chi connectivity index (χ0v) is 23.9. The highest BCUT2D eigenvalue weighted by Gasteiger charge is 2.33. The van der Waals surface area contributed by atoms with Crippen molar-refractivity contribution < 1.29 is 18.0 Å². The molecule has 1 unspecified atom stereocenters. The van der Waals surface area contributed by atoms with Gasteiger partial charge in [0.15, 0.2) is 0 Å². The van der Waals surface area contributed by atoms with Gasteiger partial charge in [-0.05, 0) is 82.1 Å². The molecule has 3 aromatic rings. The SMILES string of the molecule is Cc1ccccc1CN(C(=O)CN(c1ccc(Cl)cc1)S(=O)(=O)c1ccccc1)C(C)C(=O)NC(C)(C)C. The van der Waals surface area contributed by atoms with Gasteiger partial charge in [-0.2, -0.15) is 0 Å². The Balaban J connectivity index is 2.03. The highest BCUT2D eigenvalue weighted by Crippen LogP contribution is 2.26. The van der Waals surface area contributed by atoms with Crippen LogP contribution in [0.3, 0.4) is 0 Å². The molecule has 3 aromatic carbocycles. The smallest absolute Gasteiger partial charge is 0.264 e. The van der Waals surface area contributed by atoms with Gasteiger partial charge in [-0.25, -0.2) is 8.42 Å². The van der Waals surface area contributed by atoms with Crippen molar-refractivity contribution in [3.63, 3.8) is 0 Å². The third-order valence-corrected chi connectivity index (χ3v) is 8.03. The second-order valence-corrected chi connectivity index (χ2v) is 12.5. The van der Waals surface area contributed by atoms with E-state index in [-0.39, 0.29) is 23.0 Å². The highest BCUT2D eigenvalue weighted by atomic mass is 35.5. The molecule has 2 amide bonds. The molecule has 0 heterocycles. The lowest BCUT2D eigenvalue weighted by Crippen LogP contribution is -2.54. The van der Waals surface area contributed by atoms with Crippen LogP contribution >= 0.6 is 11.6 Å². The Labute approximate surface area is 230 Å². The number of hydrogen-bond acceptors (Lipinski definition) is 4. The van der Waals surface area contributed by atoms with E-state index < -0.39 is 34.1 Å². The number of aryl methyl sites for hydroxylation is 1. The summed E-state index contributed by atoms with van der Waals surface area (Å²) in [6.45, 7) is 8.80. The monoisotopic (exact) mass is 555 g/mol. The van der Waals surface area contributed by atoms with Crippen LogP contribution in [0.15, 0.2) is 83.8 Å². The summed E-state index contributed by atoms with van der Waals surface area (Å²) >= 11 is 6.05. The number of halogens is 1. The van der Waals surface area contributed by atoms with Crippen LogP contribution < -0.4 is 9.62 Å². The third-order valence-electron chi connectivity index (χ3n) is 5.99. The Bertz CT molecular complexity index is 1370. The summed E-state index contributed by atoms with van der Waals surface area (Å²) in [5.41, 5.74) is 1.60. The Morgan fingerprint density at radius 1 is 0.921 bits per heavy atom. The van der Waals surface area contributed by atoms with Crippen LogP contribution in [0.5, 0.6) is 0 Å². The summed E-state index contributed by atoms with van der Waals surface area (Å²) in [5, 5.41) is 3.36. The minimum absolute atomic E-state index is 0.0479. The summed E-state index contributed by atoms with van der Waals surface area (Å²) in [6, 6.07) is 20.9. The van der Waals surface area contributed by atoms with Crippen LogP contribution in [0.2, 0.25) is 5.02 Å². The number of hydrogen-bond donors (Lipinski definition) is 1. The van der Waals surface area contributed by atoms with E-state index in [2.05, 4.69) is 5.32 Å². The fourth-order valence-corrected chi connectivity index (χ4v) is 5.44. The molecule has 0 aromatic heterocycles. The molecular weight excluding hydrogens is 522 g/mol. The predicted molar refractivity (Wildman–Crippen MR) is 152 cm³/mol. The van der Waals surface area contributed by atoms with E-state index >= 15 is 0 Å². The Morgan fingerprint density at radius 2 is 1.50 bits per heavy atom. The van der Waals surface area contributed by atoms with E-state index in [9.17, 15) is 18.0 Å². The van der Waals surface area contributed by atoms with Crippen molar-refractivity contribution in [2.45, 2.75) is 57.6 Å². The van der Waals surface area contributed by atoms with E-state index in [0.29, 0.717) is 5.02 Å². The average Bonchev–Trinajstić information content (AvgIpc) is 2.86. The number of sulfonamides is 1. The van der Waals surface area contributed by atoms with Crippen molar-refractivity contribution in [2.75, 3.05) is 10.8 Å². The van der Waals surface area contributed by atoms with Crippen molar-refractivity contribution in [3.8, 4) is 0 Å². The van der Waals surface area contributed by atoms with Gasteiger partial charge in [-0.15, -0.1) is 0 Å². The summed E-state index contributed by atoms with van der Waals surface area (Å²) in [7, 11) is -4.11.